The highest BCUT2D eigenvalue weighted by molar-refractivity contribution is 14.1. The maximum atomic E-state index is 14.2. The number of nitrogens with one attached hydrogen (secondary N) is 1. The highest BCUT2D eigenvalue weighted by Crippen LogP contribution is 2.31. The summed E-state index contributed by atoms with van der Waals surface area (Å²) in [5.74, 6) is -0.859. The zero-order valence-corrected chi connectivity index (χ0v) is 15.3. The molecule has 0 saturated heterocycles. The van der Waals surface area contributed by atoms with Gasteiger partial charge in [-0.1, -0.05) is 6.92 Å². The van der Waals surface area contributed by atoms with E-state index in [2.05, 4.69) is 43.8 Å². The van der Waals surface area contributed by atoms with E-state index in [1.807, 2.05) is 18.4 Å². The molecule has 1 atom stereocenters. The molecule has 0 spiro atoms. The van der Waals surface area contributed by atoms with Gasteiger partial charge in [0.2, 0.25) is 0 Å². The highest BCUT2D eigenvalue weighted by atomic mass is 127. The molecule has 0 radical (unpaired) electrons. The van der Waals surface area contributed by atoms with Crippen LogP contribution in [-0.4, -0.2) is 6.54 Å². The maximum absolute atomic E-state index is 14.2. The summed E-state index contributed by atoms with van der Waals surface area (Å²) < 4.78 is 29.2. The Bertz CT molecular complexity index is 603. The molecule has 6 heteroatoms. The van der Waals surface area contributed by atoms with E-state index in [0.29, 0.717) is 5.56 Å². The van der Waals surface area contributed by atoms with Crippen molar-refractivity contribution < 1.29 is 8.78 Å². The van der Waals surface area contributed by atoms with Crippen LogP contribution >= 0.6 is 49.9 Å². The summed E-state index contributed by atoms with van der Waals surface area (Å²) in [6.45, 7) is 2.79. The van der Waals surface area contributed by atoms with E-state index in [4.69, 9.17) is 0 Å². The highest BCUT2D eigenvalue weighted by Gasteiger charge is 2.20. The first-order valence-corrected chi connectivity index (χ1v) is 8.89. The number of benzene rings is 1. The van der Waals surface area contributed by atoms with Gasteiger partial charge in [0.25, 0.3) is 0 Å². The topological polar surface area (TPSA) is 12.0 Å². The minimum atomic E-state index is -0.449. The average molecular weight is 472 g/mol. The van der Waals surface area contributed by atoms with Crippen molar-refractivity contribution in [1.29, 1.82) is 0 Å². The predicted molar refractivity (Wildman–Crippen MR) is 91.2 cm³/mol. The van der Waals surface area contributed by atoms with Crippen LogP contribution < -0.4 is 5.32 Å². The van der Waals surface area contributed by atoms with E-state index in [9.17, 15) is 8.78 Å². The summed E-state index contributed by atoms with van der Waals surface area (Å²) in [6.07, 6.45) is 0.929. The van der Waals surface area contributed by atoms with E-state index >= 15 is 0 Å². The summed E-state index contributed by atoms with van der Waals surface area (Å²) in [7, 11) is 0. The number of rotatable bonds is 5. The van der Waals surface area contributed by atoms with Crippen molar-refractivity contribution in [2.45, 2.75) is 19.4 Å². The van der Waals surface area contributed by atoms with Crippen LogP contribution in [-0.2, 0) is 0 Å². The molecular formula is C14H13BrF2INS. The molecule has 1 nitrogen and oxygen atoms in total. The molecule has 1 heterocycles. The largest absolute Gasteiger partial charge is 0.306 e. The smallest absolute Gasteiger partial charge is 0.137 e. The molecule has 0 bridgehead atoms. The minimum absolute atomic E-state index is 0.146. The fourth-order valence-electron chi connectivity index (χ4n) is 1.93. The van der Waals surface area contributed by atoms with Gasteiger partial charge in [-0.25, -0.2) is 8.78 Å². The lowest BCUT2D eigenvalue weighted by molar-refractivity contribution is 0.533. The molecule has 0 fully saturated rings. The van der Waals surface area contributed by atoms with Gasteiger partial charge in [0.15, 0.2) is 0 Å². The molecular weight excluding hydrogens is 459 g/mol. The van der Waals surface area contributed by atoms with Crippen molar-refractivity contribution in [3.8, 4) is 0 Å². The zero-order valence-electron chi connectivity index (χ0n) is 10.7. The van der Waals surface area contributed by atoms with Crippen molar-refractivity contribution in [2.24, 2.45) is 0 Å². The second-order valence-electron chi connectivity index (χ2n) is 4.36. The van der Waals surface area contributed by atoms with Gasteiger partial charge in [-0.2, -0.15) is 0 Å². The van der Waals surface area contributed by atoms with Crippen LogP contribution in [0.15, 0.2) is 28.1 Å². The lowest BCUT2D eigenvalue weighted by atomic mass is 10.0. The van der Waals surface area contributed by atoms with E-state index in [1.54, 1.807) is 11.3 Å². The number of thiophene rings is 1. The van der Waals surface area contributed by atoms with E-state index in [-0.39, 0.29) is 10.5 Å². The van der Waals surface area contributed by atoms with Gasteiger partial charge in [-0.15, -0.1) is 11.3 Å². The van der Waals surface area contributed by atoms with Gasteiger partial charge < -0.3 is 5.32 Å². The number of halogens is 4. The Labute approximate surface area is 143 Å². The van der Waals surface area contributed by atoms with Crippen LogP contribution in [0.3, 0.4) is 0 Å². The Hall–Kier alpha value is -0.0500. The molecule has 1 N–H and O–H groups in total. The molecule has 1 aromatic carbocycles. The van der Waals surface area contributed by atoms with Crippen LogP contribution in [0.2, 0.25) is 0 Å². The quantitative estimate of drug-likeness (QED) is 0.449. The third-order valence-electron chi connectivity index (χ3n) is 2.87. The molecule has 1 unspecified atom stereocenters. The summed E-state index contributed by atoms with van der Waals surface area (Å²) in [4.78, 5) is 0. The zero-order chi connectivity index (χ0) is 14.7. The summed E-state index contributed by atoms with van der Waals surface area (Å²) in [5, 5.41) is 5.26. The van der Waals surface area contributed by atoms with Gasteiger partial charge in [0, 0.05) is 5.56 Å². The molecule has 1 aromatic heterocycles. The predicted octanol–water partition coefficient (Wildman–Crippen LogP) is 5.48. The second kappa shape index (κ2) is 7.29. The molecule has 2 aromatic rings. The monoisotopic (exact) mass is 471 g/mol. The molecule has 0 amide bonds. The molecule has 0 saturated carbocycles. The van der Waals surface area contributed by atoms with Crippen molar-refractivity contribution in [1.82, 2.24) is 5.32 Å². The van der Waals surface area contributed by atoms with Gasteiger partial charge in [0.05, 0.1) is 13.4 Å². The summed E-state index contributed by atoms with van der Waals surface area (Å²) >= 11 is 6.83. The first kappa shape index (κ1) is 16.3. The van der Waals surface area contributed by atoms with Gasteiger partial charge in [-0.05, 0) is 80.6 Å². The average Bonchev–Trinajstić information content (AvgIpc) is 2.82. The van der Waals surface area contributed by atoms with E-state index < -0.39 is 11.6 Å². The Morgan fingerprint density at radius 2 is 2.05 bits per heavy atom. The second-order valence-corrected chi connectivity index (χ2v) is 8.02. The summed E-state index contributed by atoms with van der Waals surface area (Å²) in [5.41, 5.74) is 1.31. The molecule has 20 heavy (non-hydrogen) atoms. The van der Waals surface area contributed by atoms with Crippen molar-refractivity contribution in [3.05, 3.63) is 53.7 Å². The summed E-state index contributed by atoms with van der Waals surface area (Å²) in [6, 6.07) is 4.12. The number of hydrogen-bond acceptors (Lipinski definition) is 2. The molecule has 0 aliphatic heterocycles. The lowest BCUT2D eigenvalue weighted by Gasteiger charge is -2.19. The van der Waals surface area contributed by atoms with Crippen molar-refractivity contribution in [2.75, 3.05) is 6.54 Å². The van der Waals surface area contributed by atoms with Gasteiger partial charge >= 0.3 is 0 Å². The Morgan fingerprint density at radius 3 is 2.65 bits per heavy atom. The molecule has 2 rings (SSSR count). The third kappa shape index (κ3) is 3.78. The first-order chi connectivity index (χ1) is 9.52. The Kier molecular flexibility index (Phi) is 5.95. The Morgan fingerprint density at radius 1 is 1.30 bits per heavy atom. The fourth-order valence-corrected chi connectivity index (χ4v) is 3.64. The first-order valence-electron chi connectivity index (χ1n) is 6.14. The maximum Gasteiger partial charge on any atom is 0.137 e. The van der Waals surface area contributed by atoms with Crippen molar-refractivity contribution in [3.63, 3.8) is 0 Å². The molecule has 0 aliphatic rings. The molecule has 0 aliphatic carbocycles. The number of hydrogen-bond donors (Lipinski definition) is 1. The standard InChI is InChI=1S/C14H13BrF2INS/c1-2-3-19-14(8-4-13(18)20-7-8)9-5-12(17)10(15)6-11(9)16/h4-7,14,19H,2-3H2,1H3. The van der Waals surface area contributed by atoms with Gasteiger partial charge in [-0.3, -0.25) is 0 Å². The molecule has 108 valence electrons. The van der Waals surface area contributed by atoms with Crippen LogP contribution in [0.25, 0.3) is 0 Å². The lowest BCUT2D eigenvalue weighted by Crippen LogP contribution is -2.24. The minimum Gasteiger partial charge on any atom is -0.306 e. The SMILES string of the molecule is CCCNC(c1csc(I)c1)c1cc(F)c(Br)cc1F. The van der Waals surface area contributed by atoms with Crippen LogP contribution in [0, 0.1) is 14.5 Å². The third-order valence-corrected chi connectivity index (χ3v) is 5.29. The van der Waals surface area contributed by atoms with E-state index in [0.717, 1.165) is 21.4 Å². The van der Waals surface area contributed by atoms with Crippen molar-refractivity contribution >= 4 is 49.9 Å². The van der Waals surface area contributed by atoms with Gasteiger partial charge in [0.1, 0.15) is 11.6 Å². The van der Waals surface area contributed by atoms with E-state index in [1.165, 1.54) is 12.1 Å². The fraction of sp³-hybridized carbons (Fsp3) is 0.286. The Balaban J connectivity index is 2.43. The van der Waals surface area contributed by atoms with Crippen LogP contribution in [0.4, 0.5) is 8.78 Å². The normalized spacial score (nSPS) is 12.7. The van der Waals surface area contributed by atoms with Crippen LogP contribution in [0.5, 0.6) is 0 Å². The van der Waals surface area contributed by atoms with Crippen LogP contribution in [0.1, 0.15) is 30.5 Å².